The van der Waals surface area contributed by atoms with Gasteiger partial charge in [-0.05, 0) is 25.2 Å². The van der Waals surface area contributed by atoms with E-state index in [0.29, 0.717) is 6.61 Å². The molecule has 1 aromatic carbocycles. The van der Waals surface area contributed by atoms with E-state index in [1.165, 1.54) is 17.5 Å². The molecular formula is C21H26N2O4. The van der Waals surface area contributed by atoms with Crippen LogP contribution in [0.3, 0.4) is 0 Å². The van der Waals surface area contributed by atoms with E-state index in [1.54, 1.807) is 13.3 Å². The van der Waals surface area contributed by atoms with E-state index in [1.807, 2.05) is 6.07 Å². The van der Waals surface area contributed by atoms with Gasteiger partial charge in [-0.15, -0.1) is 0 Å². The number of nitrogens with zero attached hydrogens (tertiary/aromatic N) is 2. The van der Waals surface area contributed by atoms with Crippen LogP contribution in [-0.2, 0) is 17.9 Å². The molecule has 0 bridgehead atoms. The van der Waals surface area contributed by atoms with Crippen LogP contribution in [0.4, 0.5) is 0 Å². The molecule has 27 heavy (non-hydrogen) atoms. The van der Waals surface area contributed by atoms with Crippen LogP contribution in [0.2, 0.25) is 0 Å². The molecule has 144 valence electrons. The number of aromatic nitrogens is 1. The SMILES string of the molecule is CCN(C)Cc1ccc(OC)c2c1C1C=CC(OCc3cnco3)CC1O2. The van der Waals surface area contributed by atoms with Crippen molar-refractivity contribution in [2.45, 2.75) is 44.6 Å². The molecular weight excluding hydrogens is 344 g/mol. The van der Waals surface area contributed by atoms with E-state index in [9.17, 15) is 0 Å². The Morgan fingerprint density at radius 3 is 2.93 bits per heavy atom. The lowest BCUT2D eigenvalue weighted by Crippen LogP contribution is -2.29. The van der Waals surface area contributed by atoms with Crippen LogP contribution in [0.15, 0.2) is 41.3 Å². The van der Waals surface area contributed by atoms with Crippen LogP contribution >= 0.6 is 0 Å². The monoisotopic (exact) mass is 370 g/mol. The van der Waals surface area contributed by atoms with E-state index in [4.69, 9.17) is 18.6 Å². The molecule has 3 unspecified atom stereocenters. The first-order chi connectivity index (χ1) is 13.2. The summed E-state index contributed by atoms with van der Waals surface area (Å²) in [6, 6.07) is 4.17. The summed E-state index contributed by atoms with van der Waals surface area (Å²) < 4.78 is 23.1. The Hall–Kier alpha value is -2.31. The molecule has 2 heterocycles. The lowest BCUT2D eigenvalue weighted by Gasteiger charge is -2.26. The minimum atomic E-state index is -0.00146. The first kappa shape index (κ1) is 18.1. The zero-order valence-corrected chi connectivity index (χ0v) is 16.1. The van der Waals surface area contributed by atoms with Crippen molar-refractivity contribution in [3.8, 4) is 11.5 Å². The minimum Gasteiger partial charge on any atom is -0.493 e. The van der Waals surface area contributed by atoms with Crippen molar-refractivity contribution in [2.75, 3.05) is 20.7 Å². The molecule has 2 aromatic rings. The predicted molar refractivity (Wildman–Crippen MR) is 101 cm³/mol. The normalized spacial score (nSPS) is 23.2. The highest BCUT2D eigenvalue weighted by Gasteiger charge is 2.40. The summed E-state index contributed by atoms with van der Waals surface area (Å²) in [6.07, 6.45) is 8.33. The van der Waals surface area contributed by atoms with E-state index < -0.39 is 0 Å². The first-order valence-corrected chi connectivity index (χ1v) is 9.41. The Morgan fingerprint density at radius 2 is 2.19 bits per heavy atom. The van der Waals surface area contributed by atoms with Crippen LogP contribution in [0.5, 0.6) is 11.5 Å². The van der Waals surface area contributed by atoms with Crippen LogP contribution in [-0.4, -0.2) is 42.8 Å². The average Bonchev–Trinajstić information content (AvgIpc) is 3.33. The molecule has 1 aliphatic carbocycles. The largest absolute Gasteiger partial charge is 0.493 e. The number of hydrogen-bond acceptors (Lipinski definition) is 6. The van der Waals surface area contributed by atoms with E-state index in [0.717, 1.165) is 36.8 Å². The van der Waals surface area contributed by atoms with Gasteiger partial charge in [0.15, 0.2) is 17.9 Å². The molecule has 0 amide bonds. The Bertz CT molecular complexity index is 803. The van der Waals surface area contributed by atoms with Gasteiger partial charge in [-0.1, -0.05) is 25.1 Å². The molecule has 0 radical (unpaired) electrons. The third-order valence-corrected chi connectivity index (χ3v) is 5.37. The zero-order chi connectivity index (χ0) is 18.8. The summed E-state index contributed by atoms with van der Waals surface area (Å²) in [6.45, 7) is 4.48. The van der Waals surface area contributed by atoms with Gasteiger partial charge in [0.2, 0.25) is 0 Å². The summed E-state index contributed by atoms with van der Waals surface area (Å²) in [7, 11) is 3.83. The molecule has 4 rings (SSSR count). The van der Waals surface area contributed by atoms with Gasteiger partial charge in [0.05, 0.1) is 19.4 Å². The molecule has 6 nitrogen and oxygen atoms in total. The summed E-state index contributed by atoms with van der Waals surface area (Å²) in [5.41, 5.74) is 2.55. The molecule has 1 aliphatic heterocycles. The van der Waals surface area contributed by atoms with Crippen LogP contribution < -0.4 is 9.47 Å². The Balaban J connectivity index is 1.54. The van der Waals surface area contributed by atoms with Gasteiger partial charge < -0.3 is 23.5 Å². The Kier molecular flexibility index (Phi) is 5.18. The first-order valence-electron chi connectivity index (χ1n) is 9.41. The summed E-state index contributed by atoms with van der Waals surface area (Å²) in [5, 5.41) is 0. The van der Waals surface area contributed by atoms with E-state index in [-0.39, 0.29) is 18.1 Å². The van der Waals surface area contributed by atoms with E-state index >= 15 is 0 Å². The molecule has 2 aliphatic rings. The van der Waals surface area contributed by atoms with Gasteiger partial charge in [0, 0.05) is 24.4 Å². The van der Waals surface area contributed by atoms with Gasteiger partial charge in [-0.2, -0.15) is 0 Å². The Morgan fingerprint density at radius 1 is 1.30 bits per heavy atom. The molecule has 1 aromatic heterocycles. The van der Waals surface area contributed by atoms with Gasteiger partial charge in [-0.3, -0.25) is 0 Å². The van der Waals surface area contributed by atoms with Crippen LogP contribution in [0.25, 0.3) is 0 Å². The number of hydrogen-bond donors (Lipinski definition) is 0. The summed E-state index contributed by atoms with van der Waals surface area (Å²) >= 11 is 0. The maximum Gasteiger partial charge on any atom is 0.180 e. The van der Waals surface area contributed by atoms with Crippen LogP contribution in [0, 0.1) is 0 Å². The van der Waals surface area contributed by atoms with Crippen molar-refractivity contribution in [1.82, 2.24) is 9.88 Å². The lowest BCUT2D eigenvalue weighted by molar-refractivity contribution is 0.0257. The highest BCUT2D eigenvalue weighted by molar-refractivity contribution is 5.57. The smallest absolute Gasteiger partial charge is 0.180 e. The zero-order valence-electron chi connectivity index (χ0n) is 16.1. The van der Waals surface area contributed by atoms with Gasteiger partial charge in [0.1, 0.15) is 18.5 Å². The predicted octanol–water partition coefficient (Wildman–Crippen LogP) is 3.52. The molecule has 0 saturated carbocycles. The Labute approximate surface area is 159 Å². The second kappa shape index (κ2) is 7.74. The minimum absolute atomic E-state index is 0.00146. The highest BCUT2D eigenvalue weighted by atomic mass is 16.5. The van der Waals surface area contributed by atoms with Gasteiger partial charge >= 0.3 is 0 Å². The molecule has 0 spiro atoms. The van der Waals surface area contributed by atoms with Gasteiger partial charge in [-0.25, -0.2) is 4.98 Å². The maximum absolute atomic E-state index is 6.35. The third kappa shape index (κ3) is 3.59. The topological polar surface area (TPSA) is 57.0 Å². The molecule has 0 N–H and O–H groups in total. The number of methoxy groups -OCH3 is 1. The number of rotatable bonds is 7. The fourth-order valence-electron chi connectivity index (χ4n) is 3.81. The second-order valence-electron chi connectivity index (χ2n) is 7.12. The fourth-order valence-corrected chi connectivity index (χ4v) is 3.81. The number of benzene rings is 1. The van der Waals surface area contributed by atoms with Crippen molar-refractivity contribution in [3.05, 3.63) is 53.8 Å². The quantitative estimate of drug-likeness (QED) is 0.695. The molecule has 3 atom stereocenters. The van der Waals surface area contributed by atoms with Crippen LogP contribution in [0.1, 0.15) is 36.1 Å². The van der Waals surface area contributed by atoms with Crippen molar-refractivity contribution in [2.24, 2.45) is 0 Å². The fraction of sp³-hybridized carbons (Fsp3) is 0.476. The second-order valence-corrected chi connectivity index (χ2v) is 7.12. The number of fused-ring (bicyclic) bond motifs is 3. The van der Waals surface area contributed by atoms with E-state index in [2.05, 4.69) is 42.1 Å². The summed E-state index contributed by atoms with van der Waals surface area (Å²) in [5.74, 6) is 2.65. The number of oxazole rings is 1. The average molecular weight is 370 g/mol. The summed E-state index contributed by atoms with van der Waals surface area (Å²) in [4.78, 5) is 6.22. The maximum atomic E-state index is 6.35. The van der Waals surface area contributed by atoms with Crippen molar-refractivity contribution in [1.29, 1.82) is 0 Å². The van der Waals surface area contributed by atoms with Crippen molar-refractivity contribution < 1.29 is 18.6 Å². The highest BCUT2D eigenvalue weighted by Crippen LogP contribution is 2.49. The molecule has 0 saturated heterocycles. The number of ether oxygens (including phenoxy) is 3. The van der Waals surface area contributed by atoms with Crippen molar-refractivity contribution in [3.63, 3.8) is 0 Å². The molecule has 0 fully saturated rings. The van der Waals surface area contributed by atoms with Gasteiger partial charge in [0.25, 0.3) is 0 Å². The third-order valence-electron chi connectivity index (χ3n) is 5.37. The standard InChI is InChI=1S/C21H26N2O4/c1-4-23(2)11-14-5-8-18(24-3)21-20(14)17-7-6-15(9-19(17)27-21)25-12-16-10-22-13-26-16/h5-8,10,13,15,17,19H,4,9,11-12H2,1-3H3. The van der Waals surface area contributed by atoms with Crippen molar-refractivity contribution >= 4 is 0 Å². The lowest BCUT2D eigenvalue weighted by atomic mass is 9.85. The molecule has 6 heteroatoms.